The van der Waals surface area contributed by atoms with E-state index in [1.807, 2.05) is 4.90 Å². The average molecular weight is 240 g/mol. The summed E-state index contributed by atoms with van der Waals surface area (Å²) >= 11 is 0. The third-order valence-corrected chi connectivity index (χ3v) is 3.46. The van der Waals surface area contributed by atoms with Crippen molar-refractivity contribution < 1.29 is 14.3 Å². The topological polar surface area (TPSA) is 58.6 Å². The maximum absolute atomic E-state index is 12.4. The summed E-state index contributed by atoms with van der Waals surface area (Å²) in [5.41, 5.74) is -0.786. The Hall–Kier alpha value is -1.10. The van der Waals surface area contributed by atoms with E-state index in [2.05, 4.69) is 5.32 Å². The van der Waals surface area contributed by atoms with Crippen molar-refractivity contribution in [2.24, 2.45) is 0 Å². The number of hydrogen-bond acceptors (Lipinski definition) is 3. The Kier molecular flexibility index (Phi) is 3.38. The van der Waals surface area contributed by atoms with Gasteiger partial charge in [-0.15, -0.1) is 0 Å². The monoisotopic (exact) mass is 240 g/mol. The molecule has 0 atom stereocenters. The van der Waals surface area contributed by atoms with Crippen molar-refractivity contribution in [2.75, 3.05) is 19.8 Å². The summed E-state index contributed by atoms with van der Waals surface area (Å²) in [5, 5.41) is 2.78. The molecular weight excluding hydrogens is 220 g/mol. The summed E-state index contributed by atoms with van der Waals surface area (Å²) in [6.07, 6.45) is 2.14. The second kappa shape index (κ2) is 4.64. The predicted octanol–water partition coefficient (Wildman–Crippen LogP) is 0.292. The van der Waals surface area contributed by atoms with Gasteiger partial charge in [0.15, 0.2) is 0 Å². The quantitative estimate of drug-likeness (QED) is 0.717. The van der Waals surface area contributed by atoms with Crippen LogP contribution >= 0.6 is 0 Å². The van der Waals surface area contributed by atoms with E-state index in [0.717, 1.165) is 12.8 Å². The normalized spacial score (nSPS) is 26.6. The van der Waals surface area contributed by atoms with Crippen LogP contribution in [0.25, 0.3) is 0 Å². The molecule has 5 heteroatoms. The lowest BCUT2D eigenvalue weighted by Crippen LogP contribution is -2.55. The maximum Gasteiger partial charge on any atom is 0.248 e. The zero-order chi connectivity index (χ0) is 12.5. The molecule has 2 saturated heterocycles. The highest BCUT2D eigenvalue weighted by molar-refractivity contribution is 5.93. The van der Waals surface area contributed by atoms with E-state index in [4.69, 9.17) is 4.74 Å². The summed E-state index contributed by atoms with van der Waals surface area (Å²) in [6.45, 7) is 5.47. The molecule has 0 aliphatic carbocycles. The van der Waals surface area contributed by atoms with Crippen LogP contribution in [-0.2, 0) is 14.3 Å². The molecule has 2 amide bonds. The summed E-state index contributed by atoms with van der Waals surface area (Å²) in [6, 6.07) is 0.225. The zero-order valence-electron chi connectivity index (χ0n) is 10.5. The van der Waals surface area contributed by atoms with E-state index >= 15 is 0 Å². The van der Waals surface area contributed by atoms with Crippen LogP contribution < -0.4 is 5.32 Å². The molecule has 2 aliphatic heterocycles. The Balaban J connectivity index is 2.14. The van der Waals surface area contributed by atoms with Crippen LogP contribution in [0.2, 0.25) is 0 Å². The largest absolute Gasteiger partial charge is 0.381 e. The van der Waals surface area contributed by atoms with Crippen molar-refractivity contribution in [1.82, 2.24) is 10.2 Å². The fourth-order valence-corrected chi connectivity index (χ4v) is 2.49. The van der Waals surface area contributed by atoms with E-state index in [9.17, 15) is 9.59 Å². The van der Waals surface area contributed by atoms with Crippen molar-refractivity contribution in [3.8, 4) is 0 Å². The zero-order valence-corrected chi connectivity index (χ0v) is 10.5. The first-order valence-electron chi connectivity index (χ1n) is 6.20. The summed E-state index contributed by atoms with van der Waals surface area (Å²) < 4.78 is 5.31. The first-order valence-corrected chi connectivity index (χ1v) is 6.20. The molecule has 2 fully saturated rings. The molecule has 0 spiro atoms. The Morgan fingerprint density at radius 1 is 1.29 bits per heavy atom. The second-order valence-corrected chi connectivity index (χ2v) is 5.27. The second-order valence-electron chi connectivity index (χ2n) is 5.27. The Morgan fingerprint density at radius 3 is 2.59 bits per heavy atom. The Morgan fingerprint density at radius 2 is 1.94 bits per heavy atom. The SMILES string of the molecule is CC1(C)NC(=O)CCN(C2CCOCC2)C1=O. The lowest BCUT2D eigenvalue weighted by molar-refractivity contribution is -0.141. The van der Waals surface area contributed by atoms with E-state index in [1.165, 1.54) is 0 Å². The first kappa shape index (κ1) is 12.4. The van der Waals surface area contributed by atoms with Gasteiger partial charge in [0.1, 0.15) is 5.54 Å². The van der Waals surface area contributed by atoms with Crippen molar-refractivity contribution in [2.45, 2.75) is 44.7 Å². The minimum Gasteiger partial charge on any atom is -0.381 e. The highest BCUT2D eigenvalue weighted by atomic mass is 16.5. The number of hydrogen-bond donors (Lipinski definition) is 1. The number of amides is 2. The molecule has 0 aromatic rings. The lowest BCUT2D eigenvalue weighted by atomic mass is 10.0. The fourth-order valence-electron chi connectivity index (χ4n) is 2.49. The molecule has 0 bridgehead atoms. The van der Waals surface area contributed by atoms with Crippen molar-refractivity contribution >= 4 is 11.8 Å². The van der Waals surface area contributed by atoms with Gasteiger partial charge in [0.05, 0.1) is 0 Å². The van der Waals surface area contributed by atoms with Gasteiger partial charge in [-0.1, -0.05) is 0 Å². The highest BCUT2D eigenvalue weighted by Crippen LogP contribution is 2.21. The molecule has 0 radical (unpaired) electrons. The average Bonchev–Trinajstić information content (AvgIpc) is 2.38. The molecule has 2 rings (SSSR count). The van der Waals surface area contributed by atoms with Gasteiger partial charge in [-0.3, -0.25) is 9.59 Å². The molecule has 0 saturated carbocycles. The van der Waals surface area contributed by atoms with Crippen LogP contribution in [0.4, 0.5) is 0 Å². The van der Waals surface area contributed by atoms with E-state index in [1.54, 1.807) is 13.8 Å². The van der Waals surface area contributed by atoms with Gasteiger partial charge in [0.2, 0.25) is 11.8 Å². The van der Waals surface area contributed by atoms with E-state index in [0.29, 0.717) is 26.2 Å². The summed E-state index contributed by atoms with van der Waals surface area (Å²) in [5.74, 6) is -0.0202. The van der Waals surface area contributed by atoms with Crippen LogP contribution in [0.5, 0.6) is 0 Å². The van der Waals surface area contributed by atoms with Crippen LogP contribution in [0.3, 0.4) is 0 Å². The van der Waals surface area contributed by atoms with Crippen LogP contribution in [-0.4, -0.2) is 48.1 Å². The molecule has 5 nitrogen and oxygen atoms in total. The van der Waals surface area contributed by atoms with E-state index in [-0.39, 0.29) is 17.9 Å². The Labute approximate surface area is 101 Å². The highest BCUT2D eigenvalue weighted by Gasteiger charge is 2.39. The molecule has 0 unspecified atom stereocenters. The van der Waals surface area contributed by atoms with Gasteiger partial charge in [-0.25, -0.2) is 0 Å². The van der Waals surface area contributed by atoms with E-state index < -0.39 is 5.54 Å². The molecule has 0 aromatic carbocycles. The third-order valence-electron chi connectivity index (χ3n) is 3.46. The van der Waals surface area contributed by atoms with Crippen molar-refractivity contribution in [1.29, 1.82) is 0 Å². The number of carbonyl (C=O) groups is 2. The third kappa shape index (κ3) is 2.60. The van der Waals surface area contributed by atoms with Gasteiger partial charge in [0.25, 0.3) is 0 Å². The minimum atomic E-state index is -0.786. The van der Waals surface area contributed by atoms with Gasteiger partial charge >= 0.3 is 0 Å². The lowest BCUT2D eigenvalue weighted by Gasteiger charge is -2.36. The Bertz CT molecular complexity index is 322. The number of nitrogens with zero attached hydrogens (tertiary/aromatic N) is 1. The molecule has 2 aliphatic rings. The maximum atomic E-state index is 12.4. The molecule has 2 heterocycles. The number of ether oxygens (including phenoxy) is 1. The molecule has 96 valence electrons. The van der Waals surface area contributed by atoms with Gasteiger partial charge in [-0.2, -0.15) is 0 Å². The van der Waals surface area contributed by atoms with Crippen molar-refractivity contribution in [3.63, 3.8) is 0 Å². The molecule has 0 aromatic heterocycles. The first-order chi connectivity index (χ1) is 8.00. The van der Waals surface area contributed by atoms with Crippen molar-refractivity contribution in [3.05, 3.63) is 0 Å². The van der Waals surface area contributed by atoms with Gasteiger partial charge in [0, 0.05) is 32.2 Å². The molecule has 1 N–H and O–H groups in total. The van der Waals surface area contributed by atoms with Crippen LogP contribution in [0.15, 0.2) is 0 Å². The predicted molar refractivity (Wildman–Crippen MR) is 62.4 cm³/mol. The van der Waals surface area contributed by atoms with Gasteiger partial charge < -0.3 is 15.0 Å². The van der Waals surface area contributed by atoms with Gasteiger partial charge in [-0.05, 0) is 26.7 Å². The molecular formula is C12H20N2O3. The number of nitrogens with one attached hydrogen (secondary N) is 1. The standard InChI is InChI=1S/C12H20N2O3/c1-12(2)11(16)14(6-3-10(15)13-12)9-4-7-17-8-5-9/h9H,3-8H2,1-2H3,(H,13,15). The fraction of sp³-hybridized carbons (Fsp3) is 0.833. The molecule has 17 heavy (non-hydrogen) atoms. The summed E-state index contributed by atoms with van der Waals surface area (Å²) in [7, 11) is 0. The van der Waals surface area contributed by atoms with Crippen LogP contribution in [0, 0.1) is 0 Å². The number of rotatable bonds is 1. The minimum absolute atomic E-state index is 0.0234. The number of carbonyl (C=O) groups excluding carboxylic acids is 2. The van der Waals surface area contributed by atoms with Crippen LogP contribution in [0.1, 0.15) is 33.1 Å². The smallest absolute Gasteiger partial charge is 0.248 e. The summed E-state index contributed by atoms with van der Waals surface area (Å²) in [4.78, 5) is 25.8.